The van der Waals surface area contributed by atoms with E-state index in [4.69, 9.17) is 0 Å². The van der Waals surface area contributed by atoms with Crippen molar-refractivity contribution in [2.24, 2.45) is 5.41 Å². The molecule has 0 aliphatic carbocycles. The maximum atomic E-state index is 12.5. The molecule has 0 saturated heterocycles. The van der Waals surface area contributed by atoms with E-state index in [2.05, 4.69) is 11.6 Å². The summed E-state index contributed by atoms with van der Waals surface area (Å²) in [6.45, 7) is 4.59. The lowest BCUT2D eigenvalue weighted by Gasteiger charge is -2.33. The number of thioether (sulfide) groups is 1. The van der Waals surface area contributed by atoms with E-state index in [1.807, 2.05) is 68.4 Å². The molecule has 0 saturated carbocycles. The largest absolute Gasteiger partial charge is 0.396 e. The van der Waals surface area contributed by atoms with Gasteiger partial charge in [-0.15, -0.1) is 0 Å². The highest BCUT2D eigenvalue weighted by molar-refractivity contribution is 7.97. The van der Waals surface area contributed by atoms with Gasteiger partial charge in [-0.1, -0.05) is 56.3 Å². The molecule has 0 spiro atoms. The summed E-state index contributed by atoms with van der Waals surface area (Å²) in [4.78, 5) is 12.5. The van der Waals surface area contributed by atoms with Crippen LogP contribution in [0.15, 0.2) is 54.6 Å². The first kappa shape index (κ1) is 19.5. The molecule has 1 atom stereocenters. The van der Waals surface area contributed by atoms with Crippen LogP contribution in [0.4, 0.5) is 0 Å². The van der Waals surface area contributed by atoms with Crippen LogP contribution < -0.4 is 5.32 Å². The standard InChI is InChI=1S/C21H27NO2S/c1-21(2,15-23)19(17-7-5-4-6-8-17)13-22-20(24)18-11-9-16(10-12-18)14-25-3/h4-12,19,23H,13-15H2,1-3H3,(H,22,24). The molecular weight excluding hydrogens is 330 g/mol. The molecule has 2 N–H and O–H groups in total. The average Bonchev–Trinajstić information content (AvgIpc) is 2.63. The zero-order chi connectivity index (χ0) is 18.3. The topological polar surface area (TPSA) is 49.3 Å². The minimum absolute atomic E-state index is 0.0402. The molecule has 2 aromatic rings. The smallest absolute Gasteiger partial charge is 0.251 e. The van der Waals surface area contributed by atoms with Gasteiger partial charge in [-0.3, -0.25) is 4.79 Å². The quantitative estimate of drug-likeness (QED) is 0.748. The second-order valence-electron chi connectivity index (χ2n) is 6.95. The van der Waals surface area contributed by atoms with Crippen LogP contribution in [0.25, 0.3) is 0 Å². The summed E-state index contributed by atoms with van der Waals surface area (Å²) in [7, 11) is 0. The van der Waals surface area contributed by atoms with Crippen molar-refractivity contribution in [2.45, 2.75) is 25.5 Å². The molecule has 0 heterocycles. The Balaban J connectivity index is 2.08. The van der Waals surface area contributed by atoms with Crippen LogP contribution >= 0.6 is 11.8 Å². The van der Waals surface area contributed by atoms with E-state index in [-0.39, 0.29) is 23.8 Å². The summed E-state index contributed by atoms with van der Waals surface area (Å²) in [6.07, 6.45) is 2.06. The molecule has 1 amide bonds. The van der Waals surface area contributed by atoms with Gasteiger partial charge in [0.05, 0.1) is 0 Å². The second kappa shape index (κ2) is 9.07. The first-order valence-electron chi connectivity index (χ1n) is 8.50. The van der Waals surface area contributed by atoms with Gasteiger partial charge in [0.1, 0.15) is 0 Å². The zero-order valence-corrected chi connectivity index (χ0v) is 16.0. The number of hydrogen-bond acceptors (Lipinski definition) is 3. The van der Waals surface area contributed by atoms with Gasteiger partial charge >= 0.3 is 0 Å². The van der Waals surface area contributed by atoms with Crippen LogP contribution in [-0.2, 0) is 5.75 Å². The minimum Gasteiger partial charge on any atom is -0.396 e. The summed E-state index contributed by atoms with van der Waals surface area (Å²) in [6, 6.07) is 17.8. The van der Waals surface area contributed by atoms with Gasteiger partial charge in [-0.25, -0.2) is 0 Å². The number of hydrogen-bond donors (Lipinski definition) is 2. The molecule has 0 radical (unpaired) electrons. The lowest BCUT2D eigenvalue weighted by Crippen LogP contribution is -2.36. The first-order valence-corrected chi connectivity index (χ1v) is 9.89. The van der Waals surface area contributed by atoms with Crippen molar-refractivity contribution >= 4 is 17.7 Å². The van der Waals surface area contributed by atoms with Gasteiger partial charge in [0.15, 0.2) is 0 Å². The van der Waals surface area contributed by atoms with Crippen LogP contribution in [0.5, 0.6) is 0 Å². The fourth-order valence-corrected chi connectivity index (χ4v) is 3.38. The van der Waals surface area contributed by atoms with E-state index in [0.29, 0.717) is 12.1 Å². The number of carbonyl (C=O) groups excluding carboxylic acids is 1. The summed E-state index contributed by atoms with van der Waals surface area (Å²) in [5.74, 6) is 0.909. The fourth-order valence-electron chi connectivity index (χ4n) is 2.86. The minimum atomic E-state index is -0.323. The van der Waals surface area contributed by atoms with E-state index in [1.165, 1.54) is 5.56 Å². The predicted octanol–water partition coefficient (Wildman–Crippen LogP) is 4.08. The number of rotatable bonds is 8. The predicted molar refractivity (Wildman–Crippen MR) is 106 cm³/mol. The summed E-state index contributed by atoms with van der Waals surface area (Å²) < 4.78 is 0. The van der Waals surface area contributed by atoms with E-state index in [1.54, 1.807) is 11.8 Å². The Bertz CT molecular complexity index is 668. The normalized spacial score (nSPS) is 12.6. The Morgan fingerprint density at radius 1 is 1.12 bits per heavy atom. The van der Waals surface area contributed by atoms with Crippen LogP contribution in [0.1, 0.15) is 41.3 Å². The highest BCUT2D eigenvalue weighted by Gasteiger charge is 2.30. The van der Waals surface area contributed by atoms with Crippen molar-refractivity contribution in [3.63, 3.8) is 0 Å². The molecular formula is C21H27NO2S. The number of benzene rings is 2. The molecule has 2 rings (SSSR count). The summed E-state index contributed by atoms with van der Waals surface area (Å²) in [5.41, 5.74) is 2.68. The first-order chi connectivity index (χ1) is 12.0. The maximum absolute atomic E-state index is 12.5. The van der Waals surface area contributed by atoms with Crippen molar-refractivity contribution in [2.75, 3.05) is 19.4 Å². The van der Waals surface area contributed by atoms with Gasteiger partial charge in [-0.2, -0.15) is 11.8 Å². The Kier molecular flexibility index (Phi) is 7.09. The Morgan fingerprint density at radius 2 is 1.76 bits per heavy atom. The summed E-state index contributed by atoms with van der Waals surface area (Å²) in [5, 5.41) is 12.8. The molecule has 0 aromatic heterocycles. The van der Waals surface area contributed by atoms with E-state index < -0.39 is 0 Å². The molecule has 1 unspecified atom stereocenters. The Labute approximate surface area is 154 Å². The van der Waals surface area contributed by atoms with E-state index in [0.717, 1.165) is 11.3 Å². The third kappa shape index (κ3) is 5.35. The lowest BCUT2D eigenvalue weighted by molar-refractivity contribution is 0.0920. The lowest BCUT2D eigenvalue weighted by atomic mass is 9.75. The average molecular weight is 358 g/mol. The molecule has 0 bridgehead atoms. The van der Waals surface area contributed by atoms with Gasteiger partial charge in [0, 0.05) is 30.4 Å². The fraction of sp³-hybridized carbons (Fsp3) is 0.381. The maximum Gasteiger partial charge on any atom is 0.251 e. The molecule has 0 aliphatic rings. The van der Waals surface area contributed by atoms with Crippen LogP contribution in [0.2, 0.25) is 0 Å². The number of nitrogens with one attached hydrogen (secondary N) is 1. The molecule has 134 valence electrons. The third-order valence-corrected chi connectivity index (χ3v) is 5.17. The monoisotopic (exact) mass is 357 g/mol. The van der Waals surface area contributed by atoms with Crippen molar-refractivity contribution in [3.05, 3.63) is 71.3 Å². The molecule has 4 heteroatoms. The van der Waals surface area contributed by atoms with Crippen LogP contribution in [-0.4, -0.2) is 30.4 Å². The number of carbonyl (C=O) groups is 1. The van der Waals surface area contributed by atoms with E-state index >= 15 is 0 Å². The second-order valence-corrected chi connectivity index (χ2v) is 7.82. The molecule has 0 fully saturated rings. The van der Waals surface area contributed by atoms with Crippen molar-refractivity contribution < 1.29 is 9.90 Å². The number of aliphatic hydroxyl groups is 1. The Hall–Kier alpha value is -1.78. The van der Waals surface area contributed by atoms with Gasteiger partial charge < -0.3 is 10.4 Å². The number of amides is 1. The van der Waals surface area contributed by atoms with Crippen molar-refractivity contribution in [1.82, 2.24) is 5.32 Å². The SMILES string of the molecule is CSCc1ccc(C(=O)NCC(c2ccccc2)C(C)(C)CO)cc1. The molecule has 25 heavy (non-hydrogen) atoms. The van der Waals surface area contributed by atoms with Crippen molar-refractivity contribution in [1.29, 1.82) is 0 Å². The van der Waals surface area contributed by atoms with Crippen LogP contribution in [0, 0.1) is 5.41 Å². The molecule has 0 aliphatic heterocycles. The van der Waals surface area contributed by atoms with Gasteiger partial charge in [0.2, 0.25) is 0 Å². The zero-order valence-electron chi connectivity index (χ0n) is 15.2. The Morgan fingerprint density at radius 3 is 2.32 bits per heavy atom. The van der Waals surface area contributed by atoms with Gasteiger partial charge in [0.25, 0.3) is 5.91 Å². The molecule has 3 nitrogen and oxygen atoms in total. The number of aliphatic hydroxyl groups excluding tert-OH is 1. The van der Waals surface area contributed by atoms with Gasteiger partial charge in [-0.05, 0) is 34.9 Å². The van der Waals surface area contributed by atoms with Crippen LogP contribution in [0.3, 0.4) is 0 Å². The molecule has 2 aromatic carbocycles. The highest BCUT2D eigenvalue weighted by atomic mass is 32.2. The van der Waals surface area contributed by atoms with E-state index in [9.17, 15) is 9.90 Å². The third-order valence-electron chi connectivity index (χ3n) is 4.55. The highest BCUT2D eigenvalue weighted by Crippen LogP contribution is 2.34. The van der Waals surface area contributed by atoms with Crippen molar-refractivity contribution in [3.8, 4) is 0 Å². The summed E-state index contributed by atoms with van der Waals surface area (Å²) >= 11 is 1.76.